The molecular formula is C25H43NS. The molecule has 2 heteroatoms. The molecule has 1 atom stereocenters. The first-order chi connectivity index (χ1) is 12.8. The minimum atomic E-state index is 0.542. The molecule has 1 aromatic rings. The van der Waals surface area contributed by atoms with Crippen molar-refractivity contribution < 1.29 is 0 Å². The summed E-state index contributed by atoms with van der Waals surface area (Å²) in [5.74, 6) is 0.875. The van der Waals surface area contributed by atoms with Gasteiger partial charge in [-0.25, -0.2) is 4.98 Å². The smallest absolute Gasteiger partial charge is 0.0901 e. The number of allylic oxidation sites excluding steroid dienone is 3. The van der Waals surface area contributed by atoms with Crippen molar-refractivity contribution in [1.29, 1.82) is 0 Å². The maximum absolute atomic E-state index is 4.46. The molecule has 1 aromatic heterocycles. The van der Waals surface area contributed by atoms with Crippen LogP contribution in [0, 0.1) is 18.3 Å². The molecule has 0 fully saturated rings. The second-order valence-electron chi connectivity index (χ2n) is 9.13. The quantitative estimate of drug-likeness (QED) is 0.228. The molecule has 0 aromatic carbocycles. The molecule has 0 radical (unpaired) electrons. The van der Waals surface area contributed by atoms with Crippen LogP contribution in [0.1, 0.15) is 110 Å². The van der Waals surface area contributed by atoms with Crippen LogP contribution in [0.2, 0.25) is 0 Å². The van der Waals surface area contributed by atoms with Crippen LogP contribution in [0.3, 0.4) is 0 Å². The molecule has 0 saturated carbocycles. The first-order valence-electron chi connectivity index (χ1n) is 11.1. The Morgan fingerprint density at radius 1 is 1.19 bits per heavy atom. The molecule has 0 saturated heterocycles. The number of hydrogen-bond acceptors (Lipinski definition) is 2. The Kier molecular flexibility index (Phi) is 11.9. The van der Waals surface area contributed by atoms with Crippen LogP contribution in [0.5, 0.6) is 0 Å². The number of thiazole rings is 1. The lowest BCUT2D eigenvalue weighted by Gasteiger charge is -2.24. The predicted molar refractivity (Wildman–Crippen MR) is 124 cm³/mol. The van der Waals surface area contributed by atoms with Gasteiger partial charge in [0.15, 0.2) is 0 Å². The molecule has 0 aliphatic rings. The number of hydrogen-bond donors (Lipinski definition) is 0. The number of unbranched alkanes of at least 4 members (excludes halogenated alkanes) is 1. The molecular weight excluding hydrogens is 346 g/mol. The number of aromatic nitrogens is 1. The number of rotatable bonds is 14. The SMILES string of the molecule is CCCC(C)(C)CCCC(C)CCCC(C)=CCCC=Cc1csc(C)n1. The van der Waals surface area contributed by atoms with Gasteiger partial charge in [-0.05, 0) is 69.8 Å². The largest absolute Gasteiger partial charge is 0.242 e. The average Bonchev–Trinajstić information content (AvgIpc) is 2.99. The minimum absolute atomic E-state index is 0.542. The Bertz CT molecular complexity index is 565. The Labute approximate surface area is 173 Å². The summed E-state index contributed by atoms with van der Waals surface area (Å²) in [6.45, 7) is 14.0. The third kappa shape index (κ3) is 12.2. The summed E-state index contributed by atoms with van der Waals surface area (Å²) in [7, 11) is 0. The zero-order valence-electron chi connectivity index (χ0n) is 18.8. The highest BCUT2D eigenvalue weighted by Gasteiger charge is 2.16. The Balaban J connectivity index is 2.10. The van der Waals surface area contributed by atoms with Crippen LogP contribution in [-0.2, 0) is 0 Å². The van der Waals surface area contributed by atoms with Gasteiger partial charge >= 0.3 is 0 Å². The van der Waals surface area contributed by atoms with Gasteiger partial charge in [-0.1, -0.05) is 71.1 Å². The van der Waals surface area contributed by atoms with Gasteiger partial charge in [0.1, 0.15) is 0 Å². The maximum atomic E-state index is 4.46. The summed E-state index contributed by atoms with van der Waals surface area (Å²) in [5, 5.41) is 3.27. The molecule has 0 N–H and O–H groups in total. The number of aryl methyl sites for hydroxylation is 1. The summed E-state index contributed by atoms with van der Waals surface area (Å²) in [5.41, 5.74) is 3.20. The zero-order chi connectivity index (χ0) is 20.1. The van der Waals surface area contributed by atoms with E-state index >= 15 is 0 Å². The van der Waals surface area contributed by atoms with Crippen molar-refractivity contribution in [2.24, 2.45) is 11.3 Å². The lowest BCUT2D eigenvalue weighted by molar-refractivity contribution is 0.281. The molecule has 0 bridgehead atoms. The third-order valence-electron chi connectivity index (χ3n) is 5.50. The summed E-state index contributed by atoms with van der Waals surface area (Å²) in [6.07, 6.45) is 19.9. The van der Waals surface area contributed by atoms with E-state index in [0.29, 0.717) is 5.41 Å². The first-order valence-corrected chi connectivity index (χ1v) is 11.9. The molecule has 1 rings (SSSR count). The molecule has 1 nitrogen and oxygen atoms in total. The minimum Gasteiger partial charge on any atom is -0.242 e. The lowest BCUT2D eigenvalue weighted by Crippen LogP contribution is -2.11. The third-order valence-corrected chi connectivity index (χ3v) is 6.29. The van der Waals surface area contributed by atoms with E-state index in [1.54, 1.807) is 16.9 Å². The Morgan fingerprint density at radius 3 is 2.59 bits per heavy atom. The van der Waals surface area contributed by atoms with Crippen molar-refractivity contribution in [2.45, 2.75) is 106 Å². The predicted octanol–water partition coefficient (Wildman–Crippen LogP) is 8.99. The van der Waals surface area contributed by atoms with Gasteiger partial charge < -0.3 is 0 Å². The van der Waals surface area contributed by atoms with E-state index in [0.717, 1.165) is 29.5 Å². The van der Waals surface area contributed by atoms with Crippen LogP contribution in [0.4, 0.5) is 0 Å². The molecule has 0 aliphatic heterocycles. The van der Waals surface area contributed by atoms with Gasteiger partial charge in [0.25, 0.3) is 0 Å². The zero-order valence-corrected chi connectivity index (χ0v) is 19.6. The van der Waals surface area contributed by atoms with Gasteiger partial charge in [-0.3, -0.25) is 0 Å². The Morgan fingerprint density at radius 2 is 1.93 bits per heavy atom. The molecule has 0 aliphatic carbocycles. The topological polar surface area (TPSA) is 12.9 Å². The molecule has 27 heavy (non-hydrogen) atoms. The van der Waals surface area contributed by atoms with Crippen molar-refractivity contribution in [3.05, 3.63) is 33.8 Å². The monoisotopic (exact) mass is 389 g/mol. The van der Waals surface area contributed by atoms with Crippen molar-refractivity contribution in [1.82, 2.24) is 4.98 Å². The van der Waals surface area contributed by atoms with Crippen LogP contribution in [0.15, 0.2) is 23.1 Å². The van der Waals surface area contributed by atoms with Gasteiger partial charge in [-0.2, -0.15) is 0 Å². The van der Waals surface area contributed by atoms with Crippen LogP contribution in [0.25, 0.3) is 6.08 Å². The van der Waals surface area contributed by atoms with Crippen molar-refractivity contribution in [2.75, 3.05) is 0 Å². The van der Waals surface area contributed by atoms with Crippen LogP contribution >= 0.6 is 11.3 Å². The fourth-order valence-corrected chi connectivity index (χ4v) is 4.37. The Hall–Kier alpha value is -0.890. The van der Waals surface area contributed by atoms with E-state index in [-0.39, 0.29) is 0 Å². The van der Waals surface area contributed by atoms with Crippen molar-refractivity contribution in [3.8, 4) is 0 Å². The second-order valence-corrected chi connectivity index (χ2v) is 10.2. The standard InChI is InChI=1S/C25H43NS/c1-7-18-25(5,6)19-12-16-22(3)15-11-14-21(2)13-9-8-10-17-24-20-27-23(4)26-24/h10,13,17,20,22H,7-9,11-12,14-16,18-19H2,1-6H3. The highest BCUT2D eigenvalue weighted by Crippen LogP contribution is 2.30. The fourth-order valence-electron chi connectivity index (χ4n) is 3.79. The number of nitrogens with zero attached hydrogens (tertiary/aromatic N) is 1. The van der Waals surface area contributed by atoms with Crippen LogP contribution in [-0.4, -0.2) is 4.98 Å². The van der Waals surface area contributed by atoms with E-state index in [1.165, 1.54) is 51.4 Å². The maximum Gasteiger partial charge on any atom is 0.0901 e. The van der Waals surface area contributed by atoms with Crippen molar-refractivity contribution in [3.63, 3.8) is 0 Å². The highest BCUT2D eigenvalue weighted by atomic mass is 32.1. The molecule has 1 heterocycles. The van der Waals surface area contributed by atoms with Gasteiger partial charge in [0.05, 0.1) is 10.7 Å². The average molecular weight is 390 g/mol. The lowest BCUT2D eigenvalue weighted by atomic mass is 9.82. The fraction of sp³-hybridized carbons (Fsp3) is 0.720. The molecule has 154 valence electrons. The van der Waals surface area contributed by atoms with E-state index in [9.17, 15) is 0 Å². The molecule has 0 spiro atoms. The van der Waals surface area contributed by atoms with Gasteiger partial charge in [0, 0.05) is 5.38 Å². The van der Waals surface area contributed by atoms with E-state index in [1.807, 2.05) is 0 Å². The van der Waals surface area contributed by atoms with Crippen molar-refractivity contribution >= 4 is 17.4 Å². The van der Waals surface area contributed by atoms with E-state index in [4.69, 9.17) is 0 Å². The second kappa shape index (κ2) is 13.3. The van der Waals surface area contributed by atoms with E-state index in [2.05, 4.69) is 70.1 Å². The first kappa shape index (κ1) is 24.1. The van der Waals surface area contributed by atoms with E-state index < -0.39 is 0 Å². The normalized spacial score (nSPS) is 14.2. The molecule has 1 unspecified atom stereocenters. The molecule has 0 amide bonds. The highest BCUT2D eigenvalue weighted by molar-refractivity contribution is 7.09. The van der Waals surface area contributed by atoms with Crippen LogP contribution < -0.4 is 0 Å². The van der Waals surface area contributed by atoms with Gasteiger partial charge in [-0.15, -0.1) is 11.3 Å². The summed E-state index contributed by atoms with van der Waals surface area (Å²) in [6, 6.07) is 0. The summed E-state index contributed by atoms with van der Waals surface area (Å²) in [4.78, 5) is 4.46. The van der Waals surface area contributed by atoms with Gasteiger partial charge in [0.2, 0.25) is 0 Å². The summed E-state index contributed by atoms with van der Waals surface area (Å²) >= 11 is 1.72. The summed E-state index contributed by atoms with van der Waals surface area (Å²) < 4.78 is 0.